The highest BCUT2D eigenvalue weighted by Crippen LogP contribution is 2.21. The van der Waals surface area contributed by atoms with Gasteiger partial charge < -0.3 is 4.74 Å². The van der Waals surface area contributed by atoms with E-state index in [2.05, 4.69) is 15.9 Å². The van der Waals surface area contributed by atoms with Gasteiger partial charge in [-0.1, -0.05) is 15.9 Å². The number of alkyl halides is 1. The van der Waals surface area contributed by atoms with E-state index in [1.54, 1.807) is 0 Å². The van der Waals surface area contributed by atoms with Crippen molar-refractivity contribution in [3.05, 3.63) is 0 Å². The van der Waals surface area contributed by atoms with Crippen molar-refractivity contribution in [3.8, 4) is 0 Å². The molecule has 0 radical (unpaired) electrons. The van der Waals surface area contributed by atoms with Gasteiger partial charge in [-0.25, -0.2) is 0 Å². The Bertz CT molecular complexity index is 81.3. The molecule has 1 rings (SSSR count). The summed E-state index contributed by atoms with van der Waals surface area (Å²) >= 11 is 3.39. The molecule has 1 aliphatic rings. The maximum absolute atomic E-state index is 5.56. The first-order valence-corrected chi connectivity index (χ1v) is 5.23. The van der Waals surface area contributed by atoms with E-state index in [0.717, 1.165) is 11.9 Å². The van der Waals surface area contributed by atoms with Gasteiger partial charge in [0.1, 0.15) is 0 Å². The highest BCUT2D eigenvalue weighted by molar-refractivity contribution is 9.09. The van der Waals surface area contributed by atoms with Gasteiger partial charge in [0.05, 0.1) is 6.10 Å². The van der Waals surface area contributed by atoms with Gasteiger partial charge in [0, 0.05) is 11.9 Å². The molecule has 0 aromatic heterocycles. The minimum Gasteiger partial charge on any atom is -0.378 e. The van der Waals surface area contributed by atoms with Crippen LogP contribution in [0.1, 0.15) is 32.1 Å². The molecule has 0 spiro atoms. The Hall–Kier alpha value is 0.440. The number of hydrogen-bond donors (Lipinski definition) is 0. The third-order valence-electron chi connectivity index (χ3n) is 1.93. The molecule has 0 aromatic rings. The fourth-order valence-corrected chi connectivity index (χ4v) is 1.38. The van der Waals surface area contributed by atoms with Crippen molar-refractivity contribution in [2.24, 2.45) is 0 Å². The number of unbranched alkanes of at least 4 members (excludes halogenated alkanes) is 1. The SMILES string of the molecule is BrCCCCOC1CCC1. The van der Waals surface area contributed by atoms with E-state index in [1.807, 2.05) is 0 Å². The van der Waals surface area contributed by atoms with Crippen molar-refractivity contribution in [1.82, 2.24) is 0 Å². The van der Waals surface area contributed by atoms with E-state index in [-0.39, 0.29) is 0 Å². The minimum absolute atomic E-state index is 0.621. The lowest BCUT2D eigenvalue weighted by Crippen LogP contribution is -2.21. The average Bonchev–Trinajstić information content (AvgIpc) is 1.84. The molecule has 1 fully saturated rings. The Kier molecular flexibility index (Phi) is 4.39. The van der Waals surface area contributed by atoms with Crippen LogP contribution in [0, 0.1) is 0 Å². The number of halogens is 1. The zero-order chi connectivity index (χ0) is 7.23. The van der Waals surface area contributed by atoms with Gasteiger partial charge in [-0.2, -0.15) is 0 Å². The van der Waals surface area contributed by atoms with Crippen molar-refractivity contribution in [2.75, 3.05) is 11.9 Å². The summed E-state index contributed by atoms with van der Waals surface area (Å²) in [6, 6.07) is 0. The lowest BCUT2D eigenvalue weighted by atomic mass is 9.96. The second-order valence-electron chi connectivity index (χ2n) is 2.82. The molecule has 1 nitrogen and oxygen atoms in total. The summed E-state index contributed by atoms with van der Waals surface area (Å²) in [5.74, 6) is 0. The fourth-order valence-electron chi connectivity index (χ4n) is 0.984. The second kappa shape index (κ2) is 5.14. The predicted octanol–water partition coefficient (Wildman–Crippen LogP) is 2.73. The zero-order valence-electron chi connectivity index (χ0n) is 6.31. The van der Waals surface area contributed by atoms with Gasteiger partial charge in [0.25, 0.3) is 0 Å². The van der Waals surface area contributed by atoms with Gasteiger partial charge >= 0.3 is 0 Å². The van der Waals surface area contributed by atoms with Crippen molar-refractivity contribution in [2.45, 2.75) is 38.2 Å². The van der Waals surface area contributed by atoms with Gasteiger partial charge in [-0.3, -0.25) is 0 Å². The van der Waals surface area contributed by atoms with Crippen LogP contribution in [0.15, 0.2) is 0 Å². The first kappa shape index (κ1) is 8.54. The Morgan fingerprint density at radius 2 is 2.10 bits per heavy atom. The summed E-state index contributed by atoms with van der Waals surface area (Å²) in [6.45, 7) is 0.969. The van der Waals surface area contributed by atoms with Gasteiger partial charge in [-0.05, 0) is 32.1 Å². The van der Waals surface area contributed by atoms with E-state index < -0.39 is 0 Å². The van der Waals surface area contributed by atoms with Gasteiger partial charge in [0.15, 0.2) is 0 Å². The van der Waals surface area contributed by atoms with E-state index in [9.17, 15) is 0 Å². The van der Waals surface area contributed by atoms with Crippen LogP contribution >= 0.6 is 15.9 Å². The van der Waals surface area contributed by atoms with Crippen molar-refractivity contribution in [3.63, 3.8) is 0 Å². The largest absolute Gasteiger partial charge is 0.378 e. The smallest absolute Gasteiger partial charge is 0.0575 e. The van der Waals surface area contributed by atoms with Crippen LogP contribution in [0.5, 0.6) is 0 Å². The quantitative estimate of drug-likeness (QED) is 0.497. The lowest BCUT2D eigenvalue weighted by molar-refractivity contribution is 0.00128. The molecule has 1 aliphatic carbocycles. The van der Waals surface area contributed by atoms with Crippen molar-refractivity contribution in [1.29, 1.82) is 0 Å². The Morgan fingerprint density at radius 3 is 2.60 bits per heavy atom. The maximum atomic E-state index is 5.56. The second-order valence-corrected chi connectivity index (χ2v) is 3.61. The predicted molar refractivity (Wildman–Crippen MR) is 46.6 cm³/mol. The van der Waals surface area contributed by atoms with Gasteiger partial charge in [-0.15, -0.1) is 0 Å². The maximum Gasteiger partial charge on any atom is 0.0575 e. The number of ether oxygens (including phenoxy) is 1. The fraction of sp³-hybridized carbons (Fsp3) is 1.00. The molecule has 0 atom stereocenters. The monoisotopic (exact) mass is 206 g/mol. The third kappa shape index (κ3) is 3.02. The van der Waals surface area contributed by atoms with E-state index in [0.29, 0.717) is 6.10 Å². The molecule has 1 saturated carbocycles. The molecule has 0 bridgehead atoms. The van der Waals surface area contributed by atoms with Crippen LogP contribution in [0.3, 0.4) is 0 Å². The van der Waals surface area contributed by atoms with Crippen LogP contribution in [-0.4, -0.2) is 18.0 Å². The summed E-state index contributed by atoms with van der Waals surface area (Å²) in [4.78, 5) is 0. The molecule has 0 saturated heterocycles. The van der Waals surface area contributed by atoms with Gasteiger partial charge in [0.2, 0.25) is 0 Å². The number of rotatable bonds is 5. The molecule has 0 unspecified atom stereocenters. The molecule has 60 valence electrons. The molecule has 0 N–H and O–H groups in total. The van der Waals surface area contributed by atoms with Crippen molar-refractivity contribution < 1.29 is 4.74 Å². The van der Waals surface area contributed by atoms with E-state index >= 15 is 0 Å². The molecular weight excluding hydrogens is 192 g/mol. The molecule has 0 aliphatic heterocycles. The average molecular weight is 207 g/mol. The number of hydrogen-bond acceptors (Lipinski definition) is 1. The Balaban J connectivity index is 1.76. The standard InChI is InChI=1S/C8H15BrO/c9-6-1-2-7-10-8-4-3-5-8/h8H,1-7H2. The topological polar surface area (TPSA) is 9.23 Å². The molecule has 0 heterocycles. The summed E-state index contributed by atoms with van der Waals surface area (Å²) < 4.78 is 5.56. The first-order valence-electron chi connectivity index (χ1n) is 4.11. The summed E-state index contributed by atoms with van der Waals surface area (Å²) in [7, 11) is 0. The highest BCUT2D eigenvalue weighted by atomic mass is 79.9. The summed E-state index contributed by atoms with van der Waals surface area (Å²) in [5, 5.41) is 1.11. The molecule has 0 amide bonds. The summed E-state index contributed by atoms with van der Waals surface area (Å²) in [5.41, 5.74) is 0. The molecule has 10 heavy (non-hydrogen) atoms. The summed E-state index contributed by atoms with van der Waals surface area (Å²) in [6.07, 6.45) is 7.05. The third-order valence-corrected chi connectivity index (χ3v) is 2.49. The zero-order valence-corrected chi connectivity index (χ0v) is 7.90. The van der Waals surface area contributed by atoms with E-state index in [1.165, 1.54) is 32.1 Å². The van der Waals surface area contributed by atoms with Crippen molar-refractivity contribution >= 4 is 15.9 Å². The Morgan fingerprint density at radius 1 is 1.30 bits per heavy atom. The van der Waals surface area contributed by atoms with Crippen LogP contribution < -0.4 is 0 Å². The van der Waals surface area contributed by atoms with Crippen LogP contribution in [0.25, 0.3) is 0 Å². The van der Waals surface area contributed by atoms with E-state index in [4.69, 9.17) is 4.74 Å². The van der Waals surface area contributed by atoms with Crippen LogP contribution in [0.4, 0.5) is 0 Å². The minimum atomic E-state index is 0.621. The molecule has 0 aromatic carbocycles. The van der Waals surface area contributed by atoms with Crippen LogP contribution in [0.2, 0.25) is 0 Å². The Labute approximate surface area is 71.3 Å². The normalized spacial score (nSPS) is 18.9. The van der Waals surface area contributed by atoms with Crippen LogP contribution in [-0.2, 0) is 4.74 Å². The first-order chi connectivity index (χ1) is 4.93. The lowest BCUT2D eigenvalue weighted by Gasteiger charge is -2.25. The molecule has 2 heteroatoms. The highest BCUT2D eigenvalue weighted by Gasteiger charge is 2.16. The molecular formula is C8H15BrO.